The zero-order chi connectivity index (χ0) is 15.3. The predicted octanol–water partition coefficient (Wildman–Crippen LogP) is 2.47. The van der Waals surface area contributed by atoms with Crippen LogP contribution in [0, 0.1) is 12.8 Å². The van der Waals surface area contributed by atoms with Crippen molar-refractivity contribution in [1.29, 1.82) is 0 Å². The first-order valence-corrected chi connectivity index (χ1v) is 7.07. The summed E-state index contributed by atoms with van der Waals surface area (Å²) in [6.45, 7) is 9.07. The van der Waals surface area contributed by atoms with Gasteiger partial charge >= 0.3 is 0 Å². The molecule has 4 heteroatoms. The predicted molar refractivity (Wildman–Crippen MR) is 81.7 cm³/mol. The molecule has 20 heavy (non-hydrogen) atoms. The molecule has 0 aliphatic carbocycles. The van der Waals surface area contributed by atoms with Gasteiger partial charge in [0.2, 0.25) is 5.91 Å². The highest BCUT2D eigenvalue weighted by atomic mass is 16.3. The van der Waals surface area contributed by atoms with E-state index < -0.39 is 0 Å². The number of benzene rings is 1. The normalized spacial score (nSPS) is 12.8. The first-order chi connectivity index (χ1) is 9.31. The summed E-state index contributed by atoms with van der Waals surface area (Å²) >= 11 is 0. The summed E-state index contributed by atoms with van der Waals surface area (Å²) in [6, 6.07) is 5.62. The Kier molecular flexibility index (Phi) is 6.02. The highest BCUT2D eigenvalue weighted by Crippen LogP contribution is 2.28. The zero-order valence-corrected chi connectivity index (χ0v) is 13.1. The average molecular weight is 278 g/mol. The van der Waals surface area contributed by atoms with Crippen LogP contribution in [-0.2, 0) is 4.79 Å². The number of phenols is 1. The maximum Gasteiger partial charge on any atom is 0.234 e. The number of aromatic hydroxyl groups is 1. The van der Waals surface area contributed by atoms with E-state index in [-0.39, 0.29) is 17.7 Å². The number of hydrogen-bond acceptors (Lipinski definition) is 3. The minimum Gasteiger partial charge on any atom is -0.508 e. The van der Waals surface area contributed by atoms with Gasteiger partial charge in [-0.15, -0.1) is 0 Å². The van der Waals surface area contributed by atoms with E-state index in [1.165, 1.54) is 0 Å². The molecule has 1 aromatic rings. The molecular formula is C16H26N2O2. The van der Waals surface area contributed by atoms with Gasteiger partial charge in [0.25, 0.3) is 0 Å². The van der Waals surface area contributed by atoms with Crippen molar-refractivity contribution in [3.05, 3.63) is 29.3 Å². The van der Waals surface area contributed by atoms with Gasteiger partial charge in [0.1, 0.15) is 5.75 Å². The van der Waals surface area contributed by atoms with Gasteiger partial charge in [0.05, 0.1) is 6.54 Å². The average Bonchev–Trinajstić information content (AvgIpc) is 2.35. The van der Waals surface area contributed by atoms with Crippen LogP contribution in [0.3, 0.4) is 0 Å². The van der Waals surface area contributed by atoms with Gasteiger partial charge in [-0.05, 0) is 38.4 Å². The minimum absolute atomic E-state index is 0.0135. The molecule has 4 nitrogen and oxygen atoms in total. The number of nitrogens with one attached hydrogen (secondary N) is 1. The summed E-state index contributed by atoms with van der Waals surface area (Å²) in [4.78, 5) is 13.7. The maximum absolute atomic E-state index is 11.8. The molecule has 0 bridgehead atoms. The van der Waals surface area contributed by atoms with Crippen molar-refractivity contribution in [1.82, 2.24) is 10.2 Å². The number of rotatable bonds is 6. The van der Waals surface area contributed by atoms with E-state index in [2.05, 4.69) is 19.2 Å². The number of hydrogen-bond donors (Lipinski definition) is 2. The number of likely N-dealkylation sites (N-methyl/N-ethyl adjacent to an activating group) is 1. The first-order valence-electron chi connectivity index (χ1n) is 7.07. The molecule has 112 valence electrons. The molecule has 0 fully saturated rings. The highest BCUT2D eigenvalue weighted by Gasteiger charge is 2.17. The van der Waals surface area contributed by atoms with E-state index in [0.717, 1.165) is 11.1 Å². The van der Waals surface area contributed by atoms with Gasteiger partial charge in [-0.2, -0.15) is 0 Å². The van der Waals surface area contributed by atoms with Crippen LogP contribution in [0.2, 0.25) is 0 Å². The SMILES string of the molecule is Cc1ccc(C(C)N(C)CC(=O)NCC(C)C)c(O)c1. The van der Waals surface area contributed by atoms with Crippen molar-refractivity contribution in [2.24, 2.45) is 5.92 Å². The fraction of sp³-hybridized carbons (Fsp3) is 0.562. The van der Waals surface area contributed by atoms with E-state index in [4.69, 9.17) is 0 Å². The Morgan fingerprint density at radius 2 is 2.00 bits per heavy atom. The Labute approximate surface area is 121 Å². The van der Waals surface area contributed by atoms with Crippen LogP contribution < -0.4 is 5.32 Å². The monoisotopic (exact) mass is 278 g/mol. The van der Waals surface area contributed by atoms with Crippen molar-refractivity contribution in [2.45, 2.75) is 33.7 Å². The summed E-state index contributed by atoms with van der Waals surface area (Å²) in [5, 5.41) is 12.9. The molecule has 0 aliphatic heterocycles. The Morgan fingerprint density at radius 1 is 1.35 bits per heavy atom. The number of phenolic OH excluding ortho intramolecular Hbond substituents is 1. The summed E-state index contributed by atoms with van der Waals surface area (Å²) in [5.41, 5.74) is 1.87. The van der Waals surface area contributed by atoms with Crippen molar-refractivity contribution in [3.8, 4) is 5.75 Å². The molecule has 0 aliphatic rings. The summed E-state index contributed by atoms with van der Waals surface area (Å²) < 4.78 is 0. The third kappa shape index (κ3) is 4.85. The number of amides is 1. The van der Waals surface area contributed by atoms with Crippen LogP contribution >= 0.6 is 0 Å². The van der Waals surface area contributed by atoms with Gasteiger partial charge in [-0.1, -0.05) is 26.0 Å². The van der Waals surface area contributed by atoms with E-state index in [1.54, 1.807) is 6.07 Å². The lowest BCUT2D eigenvalue weighted by atomic mass is 10.0. The van der Waals surface area contributed by atoms with Crippen molar-refractivity contribution in [2.75, 3.05) is 20.1 Å². The van der Waals surface area contributed by atoms with Gasteiger partial charge in [0.15, 0.2) is 0 Å². The highest BCUT2D eigenvalue weighted by molar-refractivity contribution is 5.78. The molecule has 0 radical (unpaired) electrons. The third-order valence-corrected chi connectivity index (χ3v) is 3.40. The van der Waals surface area contributed by atoms with Crippen LogP contribution in [0.1, 0.15) is 37.9 Å². The molecule has 0 aromatic heterocycles. The molecule has 1 rings (SSSR count). The Bertz CT molecular complexity index is 458. The van der Waals surface area contributed by atoms with Crippen LogP contribution in [0.25, 0.3) is 0 Å². The number of aryl methyl sites for hydroxylation is 1. The lowest BCUT2D eigenvalue weighted by molar-refractivity contribution is -0.122. The van der Waals surface area contributed by atoms with Crippen molar-refractivity contribution < 1.29 is 9.90 Å². The number of carbonyl (C=O) groups is 1. The summed E-state index contributed by atoms with van der Waals surface area (Å²) in [5.74, 6) is 0.745. The van der Waals surface area contributed by atoms with Crippen molar-refractivity contribution >= 4 is 5.91 Å². The fourth-order valence-electron chi connectivity index (χ4n) is 1.98. The number of carbonyl (C=O) groups excluding carboxylic acids is 1. The van der Waals surface area contributed by atoms with Gasteiger partial charge in [0, 0.05) is 18.2 Å². The zero-order valence-electron chi connectivity index (χ0n) is 13.1. The molecule has 1 unspecified atom stereocenters. The Morgan fingerprint density at radius 3 is 2.55 bits per heavy atom. The second-order valence-electron chi connectivity index (χ2n) is 5.85. The molecule has 2 N–H and O–H groups in total. The van der Waals surface area contributed by atoms with Crippen LogP contribution in [0.4, 0.5) is 0 Å². The minimum atomic E-state index is -0.0135. The quantitative estimate of drug-likeness (QED) is 0.840. The molecular weight excluding hydrogens is 252 g/mol. The lowest BCUT2D eigenvalue weighted by Crippen LogP contribution is -2.37. The maximum atomic E-state index is 11.8. The molecule has 1 atom stereocenters. The molecule has 0 spiro atoms. The van der Waals surface area contributed by atoms with Gasteiger partial charge < -0.3 is 10.4 Å². The third-order valence-electron chi connectivity index (χ3n) is 3.40. The summed E-state index contributed by atoms with van der Waals surface area (Å²) in [7, 11) is 1.89. The second kappa shape index (κ2) is 7.29. The molecule has 0 heterocycles. The summed E-state index contributed by atoms with van der Waals surface area (Å²) in [6.07, 6.45) is 0. The second-order valence-corrected chi connectivity index (χ2v) is 5.85. The molecule has 0 saturated heterocycles. The standard InChI is InChI=1S/C16H26N2O2/c1-11(2)9-17-16(20)10-18(5)13(4)14-7-6-12(3)8-15(14)19/h6-8,11,13,19H,9-10H2,1-5H3,(H,17,20). The lowest BCUT2D eigenvalue weighted by Gasteiger charge is -2.25. The Hall–Kier alpha value is -1.55. The van der Waals surface area contributed by atoms with E-state index in [9.17, 15) is 9.90 Å². The smallest absolute Gasteiger partial charge is 0.234 e. The number of nitrogens with zero attached hydrogens (tertiary/aromatic N) is 1. The molecule has 1 aromatic carbocycles. The molecule has 1 amide bonds. The van der Waals surface area contributed by atoms with E-state index in [1.807, 2.05) is 37.9 Å². The van der Waals surface area contributed by atoms with Gasteiger partial charge in [-0.25, -0.2) is 0 Å². The van der Waals surface area contributed by atoms with E-state index >= 15 is 0 Å². The Balaban J connectivity index is 2.62. The van der Waals surface area contributed by atoms with Crippen LogP contribution in [0.15, 0.2) is 18.2 Å². The van der Waals surface area contributed by atoms with Gasteiger partial charge in [-0.3, -0.25) is 9.69 Å². The molecule has 0 saturated carbocycles. The van der Waals surface area contributed by atoms with Crippen LogP contribution in [0.5, 0.6) is 5.75 Å². The van der Waals surface area contributed by atoms with E-state index in [0.29, 0.717) is 19.0 Å². The topological polar surface area (TPSA) is 52.6 Å². The van der Waals surface area contributed by atoms with Crippen molar-refractivity contribution in [3.63, 3.8) is 0 Å². The fourth-order valence-corrected chi connectivity index (χ4v) is 1.98. The first kappa shape index (κ1) is 16.5. The largest absolute Gasteiger partial charge is 0.508 e. The van der Waals surface area contributed by atoms with Crippen LogP contribution in [-0.4, -0.2) is 36.1 Å².